The fourth-order valence-corrected chi connectivity index (χ4v) is 3.70. The minimum Gasteiger partial charge on any atom is -0.331 e. The number of carbonyl (C=O) groups excluding carboxylic acids is 1. The molecule has 1 atom stereocenters. The van der Waals surface area contributed by atoms with E-state index >= 15 is 0 Å². The number of unbranched alkanes of at least 4 members (excludes halogenated alkanes) is 1. The summed E-state index contributed by atoms with van der Waals surface area (Å²) < 4.78 is 0. The van der Waals surface area contributed by atoms with E-state index in [1.165, 1.54) is 0 Å². The first kappa shape index (κ1) is 16.7. The number of nitrogens with zero attached hydrogens (tertiary/aromatic N) is 2. The van der Waals surface area contributed by atoms with Gasteiger partial charge in [-0.05, 0) is 29.3 Å². The lowest BCUT2D eigenvalue weighted by Gasteiger charge is -2.24. The zero-order valence-electron chi connectivity index (χ0n) is 12.7. The minimum atomic E-state index is -0.528. The molecule has 1 amide bonds. The third-order valence-electron chi connectivity index (χ3n) is 3.47. The molecule has 0 aliphatic heterocycles. The standard InChI is InChI=1S/C17H20N2OS2/c1-2-3-6-14(11-18)17(20)19(12-15-7-4-9-21-15)13-16-8-5-10-22-16/h4-5,7-10,14H,2-3,6,12-13H2,1H3. The topological polar surface area (TPSA) is 44.1 Å². The Kier molecular flexibility index (Phi) is 6.63. The molecule has 5 heteroatoms. The molecule has 1 unspecified atom stereocenters. The second-order valence-electron chi connectivity index (χ2n) is 5.18. The van der Waals surface area contributed by atoms with Crippen molar-refractivity contribution < 1.29 is 4.79 Å². The SMILES string of the molecule is CCCCC(C#N)C(=O)N(Cc1cccs1)Cc1cccs1. The second kappa shape index (κ2) is 8.72. The number of nitriles is 1. The Bertz CT molecular complexity index is 563. The molecule has 0 N–H and O–H groups in total. The molecular formula is C17H20N2OS2. The fourth-order valence-electron chi connectivity index (χ4n) is 2.26. The summed E-state index contributed by atoms with van der Waals surface area (Å²) in [6, 6.07) is 10.2. The number of carbonyl (C=O) groups is 1. The van der Waals surface area contributed by atoms with Crippen LogP contribution < -0.4 is 0 Å². The molecule has 2 aromatic heterocycles. The third-order valence-corrected chi connectivity index (χ3v) is 5.19. The normalized spacial score (nSPS) is 11.8. The summed E-state index contributed by atoms with van der Waals surface area (Å²) in [6.07, 6.45) is 2.56. The molecule has 0 spiro atoms. The van der Waals surface area contributed by atoms with Crippen molar-refractivity contribution in [3.05, 3.63) is 44.8 Å². The molecule has 0 aliphatic rings. The van der Waals surface area contributed by atoms with Crippen LogP contribution in [-0.2, 0) is 17.9 Å². The average molecular weight is 332 g/mol. The van der Waals surface area contributed by atoms with Crippen molar-refractivity contribution in [1.29, 1.82) is 5.26 Å². The van der Waals surface area contributed by atoms with E-state index in [1.807, 2.05) is 39.9 Å². The van der Waals surface area contributed by atoms with E-state index in [2.05, 4.69) is 13.0 Å². The number of rotatable bonds is 8. The van der Waals surface area contributed by atoms with Gasteiger partial charge in [0.1, 0.15) is 5.92 Å². The number of hydrogen-bond donors (Lipinski definition) is 0. The van der Waals surface area contributed by atoms with E-state index in [0.29, 0.717) is 19.5 Å². The molecule has 0 fully saturated rings. The number of amides is 1. The Morgan fingerprint density at radius 1 is 1.23 bits per heavy atom. The zero-order valence-corrected chi connectivity index (χ0v) is 14.3. The van der Waals surface area contributed by atoms with Gasteiger partial charge in [0.15, 0.2) is 0 Å². The van der Waals surface area contributed by atoms with Gasteiger partial charge in [-0.1, -0.05) is 31.9 Å². The summed E-state index contributed by atoms with van der Waals surface area (Å²) in [5, 5.41) is 13.4. The van der Waals surface area contributed by atoms with E-state index < -0.39 is 5.92 Å². The first-order valence-electron chi connectivity index (χ1n) is 7.47. The molecule has 0 saturated heterocycles. The average Bonchev–Trinajstić information content (AvgIpc) is 3.20. The highest BCUT2D eigenvalue weighted by atomic mass is 32.1. The largest absolute Gasteiger partial charge is 0.331 e. The Morgan fingerprint density at radius 3 is 2.23 bits per heavy atom. The Morgan fingerprint density at radius 2 is 1.82 bits per heavy atom. The molecule has 2 heterocycles. The van der Waals surface area contributed by atoms with Gasteiger partial charge in [-0.3, -0.25) is 4.79 Å². The molecule has 2 aromatic rings. The van der Waals surface area contributed by atoms with Crippen molar-refractivity contribution in [3.8, 4) is 6.07 Å². The maximum absolute atomic E-state index is 12.7. The molecule has 3 nitrogen and oxygen atoms in total. The molecule has 0 aliphatic carbocycles. The molecular weight excluding hydrogens is 312 g/mol. The molecule has 0 saturated carbocycles. The van der Waals surface area contributed by atoms with Gasteiger partial charge >= 0.3 is 0 Å². The van der Waals surface area contributed by atoms with E-state index in [9.17, 15) is 10.1 Å². The van der Waals surface area contributed by atoms with Crippen molar-refractivity contribution in [2.24, 2.45) is 5.92 Å². The van der Waals surface area contributed by atoms with Gasteiger partial charge in [-0.2, -0.15) is 5.26 Å². The first-order chi connectivity index (χ1) is 10.7. The van der Waals surface area contributed by atoms with Crippen LogP contribution in [0.5, 0.6) is 0 Å². The van der Waals surface area contributed by atoms with Crippen molar-refractivity contribution in [1.82, 2.24) is 4.90 Å². The van der Waals surface area contributed by atoms with Gasteiger partial charge in [-0.15, -0.1) is 22.7 Å². The van der Waals surface area contributed by atoms with Crippen LogP contribution in [0.2, 0.25) is 0 Å². The van der Waals surface area contributed by atoms with Crippen LogP contribution in [0.4, 0.5) is 0 Å². The smallest absolute Gasteiger partial charge is 0.240 e. The quantitative estimate of drug-likeness (QED) is 0.705. The predicted molar refractivity (Wildman–Crippen MR) is 91.5 cm³/mol. The van der Waals surface area contributed by atoms with E-state index in [4.69, 9.17) is 0 Å². The molecule has 116 valence electrons. The van der Waals surface area contributed by atoms with E-state index in [1.54, 1.807) is 22.7 Å². The highest BCUT2D eigenvalue weighted by Gasteiger charge is 2.24. The van der Waals surface area contributed by atoms with Gasteiger partial charge in [0.25, 0.3) is 0 Å². The van der Waals surface area contributed by atoms with Crippen LogP contribution in [0.3, 0.4) is 0 Å². The van der Waals surface area contributed by atoms with Crippen molar-refractivity contribution in [2.75, 3.05) is 0 Å². The van der Waals surface area contributed by atoms with Crippen LogP contribution in [0, 0.1) is 17.2 Å². The van der Waals surface area contributed by atoms with Crippen LogP contribution in [0.15, 0.2) is 35.0 Å². The van der Waals surface area contributed by atoms with Gasteiger partial charge in [0, 0.05) is 9.75 Å². The number of thiophene rings is 2. The third kappa shape index (κ3) is 4.69. The summed E-state index contributed by atoms with van der Waals surface area (Å²) in [5.74, 6) is -0.572. The van der Waals surface area contributed by atoms with Gasteiger partial charge in [0.05, 0.1) is 19.2 Å². The second-order valence-corrected chi connectivity index (χ2v) is 7.24. The summed E-state index contributed by atoms with van der Waals surface area (Å²) in [6.45, 7) is 3.24. The summed E-state index contributed by atoms with van der Waals surface area (Å²) in [5.41, 5.74) is 0. The van der Waals surface area contributed by atoms with E-state index in [-0.39, 0.29) is 5.91 Å². The fraction of sp³-hybridized carbons (Fsp3) is 0.412. The minimum absolute atomic E-state index is 0.0437. The molecule has 2 rings (SSSR count). The Labute approximate surface area is 139 Å². The van der Waals surface area contributed by atoms with Crippen LogP contribution in [0.25, 0.3) is 0 Å². The lowest BCUT2D eigenvalue weighted by atomic mass is 10.0. The van der Waals surface area contributed by atoms with Crippen LogP contribution in [0.1, 0.15) is 35.9 Å². The zero-order chi connectivity index (χ0) is 15.8. The first-order valence-corrected chi connectivity index (χ1v) is 9.23. The van der Waals surface area contributed by atoms with Gasteiger partial charge in [-0.25, -0.2) is 0 Å². The number of hydrogen-bond acceptors (Lipinski definition) is 4. The van der Waals surface area contributed by atoms with Crippen molar-refractivity contribution >= 4 is 28.6 Å². The van der Waals surface area contributed by atoms with Gasteiger partial charge in [0.2, 0.25) is 5.91 Å². The summed E-state index contributed by atoms with van der Waals surface area (Å²) in [7, 11) is 0. The summed E-state index contributed by atoms with van der Waals surface area (Å²) >= 11 is 3.29. The predicted octanol–water partition coefficient (Wildman–Crippen LogP) is 4.67. The lowest BCUT2D eigenvalue weighted by Crippen LogP contribution is -2.34. The van der Waals surface area contributed by atoms with Crippen LogP contribution in [-0.4, -0.2) is 10.8 Å². The van der Waals surface area contributed by atoms with E-state index in [0.717, 1.165) is 22.6 Å². The maximum Gasteiger partial charge on any atom is 0.240 e. The van der Waals surface area contributed by atoms with Crippen molar-refractivity contribution in [3.63, 3.8) is 0 Å². The highest BCUT2D eigenvalue weighted by molar-refractivity contribution is 7.10. The highest BCUT2D eigenvalue weighted by Crippen LogP contribution is 2.20. The molecule has 0 radical (unpaired) electrons. The van der Waals surface area contributed by atoms with Crippen LogP contribution >= 0.6 is 22.7 Å². The van der Waals surface area contributed by atoms with Gasteiger partial charge < -0.3 is 4.90 Å². The maximum atomic E-state index is 12.7. The molecule has 22 heavy (non-hydrogen) atoms. The summed E-state index contributed by atoms with van der Waals surface area (Å²) in [4.78, 5) is 16.9. The monoisotopic (exact) mass is 332 g/mol. The Hall–Kier alpha value is -1.64. The molecule has 0 aromatic carbocycles. The Balaban J connectivity index is 2.11. The molecule has 0 bridgehead atoms. The van der Waals surface area contributed by atoms with Crippen molar-refractivity contribution in [2.45, 2.75) is 39.3 Å². The lowest BCUT2D eigenvalue weighted by molar-refractivity contribution is -0.135.